The third-order valence-electron chi connectivity index (χ3n) is 3.70. The minimum Gasteiger partial charge on any atom is -0.496 e. The number of methoxy groups -OCH3 is 1. The summed E-state index contributed by atoms with van der Waals surface area (Å²) in [5, 5.41) is 10.1. The summed E-state index contributed by atoms with van der Waals surface area (Å²) < 4.78 is 10.8. The van der Waals surface area contributed by atoms with Crippen LogP contribution in [0.3, 0.4) is 0 Å². The first-order valence-electron chi connectivity index (χ1n) is 7.58. The molecule has 0 saturated heterocycles. The normalized spacial score (nSPS) is 10.6. The fourth-order valence-electron chi connectivity index (χ4n) is 2.63. The smallest absolute Gasteiger partial charge is 0.336 e. The first-order valence-corrected chi connectivity index (χ1v) is 7.58. The van der Waals surface area contributed by atoms with Crippen LogP contribution in [0.25, 0.3) is 22.2 Å². The summed E-state index contributed by atoms with van der Waals surface area (Å²) in [4.78, 5) is 16.3. The van der Waals surface area contributed by atoms with Gasteiger partial charge in [-0.2, -0.15) is 0 Å². The molecule has 0 amide bonds. The number of carboxylic acid groups (broad SMARTS) is 1. The van der Waals surface area contributed by atoms with E-state index in [9.17, 15) is 9.90 Å². The van der Waals surface area contributed by atoms with Gasteiger partial charge in [0.05, 0.1) is 30.5 Å². The number of para-hydroxylation sites is 1. The molecule has 1 N–H and O–H groups in total. The van der Waals surface area contributed by atoms with Crippen molar-refractivity contribution in [2.45, 2.75) is 6.92 Å². The van der Waals surface area contributed by atoms with E-state index in [1.54, 1.807) is 31.4 Å². The molecule has 24 heavy (non-hydrogen) atoms. The number of fused-ring (bicyclic) bond motifs is 1. The van der Waals surface area contributed by atoms with E-state index in [2.05, 4.69) is 4.98 Å². The third kappa shape index (κ3) is 2.88. The number of hydrogen-bond acceptors (Lipinski definition) is 4. The molecule has 1 heterocycles. The second-order valence-corrected chi connectivity index (χ2v) is 5.17. The number of carboxylic acids is 1. The van der Waals surface area contributed by atoms with Gasteiger partial charge in [0.15, 0.2) is 0 Å². The van der Waals surface area contributed by atoms with Crippen LogP contribution in [0.1, 0.15) is 17.3 Å². The average molecular weight is 323 g/mol. The van der Waals surface area contributed by atoms with Crippen LogP contribution in [0.15, 0.2) is 48.5 Å². The van der Waals surface area contributed by atoms with Gasteiger partial charge < -0.3 is 14.6 Å². The second-order valence-electron chi connectivity index (χ2n) is 5.17. The number of pyridine rings is 1. The van der Waals surface area contributed by atoms with Gasteiger partial charge in [-0.15, -0.1) is 0 Å². The zero-order valence-electron chi connectivity index (χ0n) is 13.4. The van der Waals surface area contributed by atoms with Crippen molar-refractivity contribution in [1.82, 2.24) is 4.98 Å². The molecule has 1 aromatic heterocycles. The van der Waals surface area contributed by atoms with Gasteiger partial charge >= 0.3 is 5.97 Å². The molecule has 3 aromatic rings. The molecule has 0 atom stereocenters. The maximum absolute atomic E-state index is 11.7. The van der Waals surface area contributed by atoms with E-state index in [0.717, 1.165) is 5.56 Å². The van der Waals surface area contributed by atoms with E-state index in [1.165, 1.54) is 0 Å². The van der Waals surface area contributed by atoms with Crippen LogP contribution in [0, 0.1) is 0 Å². The van der Waals surface area contributed by atoms with Crippen LogP contribution in [0.5, 0.6) is 11.5 Å². The predicted octanol–water partition coefficient (Wildman–Crippen LogP) is 4.01. The molecule has 0 spiro atoms. The quantitative estimate of drug-likeness (QED) is 0.768. The predicted molar refractivity (Wildman–Crippen MR) is 91.9 cm³/mol. The Labute approximate surface area is 139 Å². The molecular formula is C19H17NO4. The Hall–Kier alpha value is -3.08. The lowest BCUT2D eigenvalue weighted by atomic mass is 10.0. The Morgan fingerprint density at radius 3 is 2.67 bits per heavy atom. The molecule has 0 bridgehead atoms. The lowest BCUT2D eigenvalue weighted by Crippen LogP contribution is -2.01. The first-order chi connectivity index (χ1) is 11.6. The van der Waals surface area contributed by atoms with Gasteiger partial charge in [0.1, 0.15) is 11.5 Å². The van der Waals surface area contributed by atoms with Crippen LogP contribution >= 0.6 is 0 Å². The monoisotopic (exact) mass is 323 g/mol. The van der Waals surface area contributed by atoms with Crippen LogP contribution in [-0.2, 0) is 0 Å². The van der Waals surface area contributed by atoms with Crippen LogP contribution in [0.2, 0.25) is 0 Å². The summed E-state index contributed by atoms with van der Waals surface area (Å²) in [6, 6.07) is 14.2. The van der Waals surface area contributed by atoms with Gasteiger partial charge in [0.2, 0.25) is 0 Å². The molecule has 5 nitrogen and oxygen atoms in total. The Kier molecular flexibility index (Phi) is 4.33. The average Bonchev–Trinajstić information content (AvgIpc) is 2.61. The minimum absolute atomic E-state index is 0.183. The number of benzene rings is 2. The number of aromatic nitrogens is 1. The summed E-state index contributed by atoms with van der Waals surface area (Å²) in [7, 11) is 1.58. The number of hydrogen-bond donors (Lipinski definition) is 1. The highest BCUT2D eigenvalue weighted by molar-refractivity contribution is 6.04. The van der Waals surface area contributed by atoms with Crippen molar-refractivity contribution in [3.05, 3.63) is 54.1 Å². The summed E-state index contributed by atoms with van der Waals surface area (Å²) in [6.45, 7) is 2.39. The van der Waals surface area contributed by atoms with E-state index in [0.29, 0.717) is 34.7 Å². The van der Waals surface area contributed by atoms with Gasteiger partial charge in [0, 0.05) is 10.9 Å². The molecule has 0 saturated carbocycles. The third-order valence-corrected chi connectivity index (χ3v) is 3.70. The molecule has 0 aliphatic heterocycles. The summed E-state index contributed by atoms with van der Waals surface area (Å²) in [6.07, 6.45) is 0. The van der Waals surface area contributed by atoms with Crippen LogP contribution < -0.4 is 9.47 Å². The Morgan fingerprint density at radius 2 is 1.96 bits per heavy atom. The van der Waals surface area contributed by atoms with Gasteiger partial charge in [-0.1, -0.05) is 12.1 Å². The number of aromatic carboxylic acids is 1. The fraction of sp³-hybridized carbons (Fsp3) is 0.158. The van der Waals surface area contributed by atoms with Crippen molar-refractivity contribution in [1.29, 1.82) is 0 Å². The van der Waals surface area contributed by atoms with Crippen LogP contribution in [-0.4, -0.2) is 29.8 Å². The van der Waals surface area contributed by atoms with Crippen molar-refractivity contribution in [2.75, 3.05) is 13.7 Å². The van der Waals surface area contributed by atoms with Gasteiger partial charge in [0.25, 0.3) is 0 Å². The minimum atomic E-state index is -1.01. The van der Waals surface area contributed by atoms with Crippen molar-refractivity contribution in [2.24, 2.45) is 0 Å². The summed E-state index contributed by atoms with van der Waals surface area (Å²) >= 11 is 0. The number of nitrogens with zero attached hydrogens (tertiary/aromatic N) is 1. The Balaban J connectivity index is 2.25. The molecule has 0 radical (unpaired) electrons. The molecular weight excluding hydrogens is 306 g/mol. The number of carbonyl (C=O) groups is 1. The van der Waals surface area contributed by atoms with E-state index in [-0.39, 0.29) is 5.56 Å². The van der Waals surface area contributed by atoms with E-state index >= 15 is 0 Å². The highest BCUT2D eigenvalue weighted by atomic mass is 16.5. The zero-order valence-corrected chi connectivity index (χ0v) is 13.4. The topological polar surface area (TPSA) is 68.7 Å². The molecule has 0 fully saturated rings. The van der Waals surface area contributed by atoms with E-state index in [4.69, 9.17) is 9.47 Å². The van der Waals surface area contributed by atoms with E-state index in [1.807, 2.05) is 31.2 Å². The zero-order chi connectivity index (χ0) is 17.1. The van der Waals surface area contributed by atoms with Crippen molar-refractivity contribution in [3.8, 4) is 22.8 Å². The fourth-order valence-corrected chi connectivity index (χ4v) is 2.63. The van der Waals surface area contributed by atoms with Gasteiger partial charge in [-0.3, -0.25) is 0 Å². The highest BCUT2D eigenvalue weighted by Gasteiger charge is 2.15. The highest BCUT2D eigenvalue weighted by Crippen LogP contribution is 2.32. The lowest BCUT2D eigenvalue weighted by molar-refractivity contribution is 0.0699. The maximum Gasteiger partial charge on any atom is 0.336 e. The lowest BCUT2D eigenvalue weighted by Gasteiger charge is -2.11. The van der Waals surface area contributed by atoms with Crippen LogP contribution in [0.4, 0.5) is 0 Å². The molecule has 5 heteroatoms. The first kappa shape index (κ1) is 15.8. The van der Waals surface area contributed by atoms with Crippen molar-refractivity contribution in [3.63, 3.8) is 0 Å². The number of rotatable bonds is 5. The molecule has 2 aromatic carbocycles. The van der Waals surface area contributed by atoms with Gasteiger partial charge in [-0.05, 0) is 43.3 Å². The summed E-state index contributed by atoms with van der Waals surface area (Å²) in [5.41, 5.74) is 2.08. The molecule has 0 aliphatic rings. The van der Waals surface area contributed by atoms with E-state index < -0.39 is 5.97 Å². The molecule has 3 rings (SSSR count). The number of ether oxygens (including phenoxy) is 2. The van der Waals surface area contributed by atoms with Crippen molar-refractivity contribution < 1.29 is 19.4 Å². The maximum atomic E-state index is 11.7. The largest absolute Gasteiger partial charge is 0.496 e. The molecule has 122 valence electrons. The molecule has 0 aliphatic carbocycles. The second kappa shape index (κ2) is 6.58. The SMILES string of the molecule is CCOc1ccc2nc(-c3ccccc3OC)cc(C(=O)O)c2c1. The standard InChI is InChI=1S/C19H17NO4/c1-3-24-12-8-9-16-14(10-12)15(19(21)22)11-17(20-16)13-6-4-5-7-18(13)23-2/h4-11H,3H2,1-2H3,(H,21,22). The Morgan fingerprint density at radius 1 is 1.17 bits per heavy atom. The Bertz CT molecular complexity index is 905. The van der Waals surface area contributed by atoms with Crippen molar-refractivity contribution >= 4 is 16.9 Å². The summed E-state index contributed by atoms with van der Waals surface area (Å²) in [5.74, 6) is 0.262. The molecule has 0 unspecified atom stereocenters. The van der Waals surface area contributed by atoms with Gasteiger partial charge in [-0.25, -0.2) is 9.78 Å².